The summed E-state index contributed by atoms with van der Waals surface area (Å²) in [7, 11) is 0. The maximum absolute atomic E-state index is 12.5. The summed E-state index contributed by atoms with van der Waals surface area (Å²) < 4.78 is 5.51. The molecule has 2 N–H and O–H groups in total. The maximum atomic E-state index is 12.5. The van der Waals surface area contributed by atoms with E-state index in [9.17, 15) is 14.7 Å². The number of nitrogens with one attached hydrogen (secondary N) is 1. The number of halogens is 1. The molecule has 1 aromatic heterocycles. The largest absolute Gasteiger partial charge is 0.481 e. The number of hydrogen-bond acceptors (Lipinski definition) is 4. The molecule has 0 fully saturated rings. The Labute approximate surface area is 178 Å². The van der Waals surface area contributed by atoms with Crippen LogP contribution in [0.3, 0.4) is 0 Å². The fourth-order valence-electron chi connectivity index (χ4n) is 3.80. The molecule has 4 rings (SSSR count). The number of nitrogens with zero attached hydrogens (tertiary/aromatic N) is 1. The lowest BCUT2D eigenvalue weighted by Gasteiger charge is -2.19. The van der Waals surface area contributed by atoms with E-state index >= 15 is 0 Å². The Balaban J connectivity index is 1.47. The number of carboxylic acids is 1. The minimum absolute atomic E-state index is 0.0710. The lowest BCUT2D eigenvalue weighted by Crippen LogP contribution is -2.31. The van der Waals surface area contributed by atoms with Gasteiger partial charge in [-0.15, -0.1) is 0 Å². The number of benzene rings is 2. The lowest BCUT2D eigenvalue weighted by atomic mass is 9.98. The van der Waals surface area contributed by atoms with Gasteiger partial charge in [-0.05, 0) is 33.9 Å². The van der Waals surface area contributed by atoms with Crippen molar-refractivity contribution in [1.29, 1.82) is 0 Å². The Morgan fingerprint density at radius 2 is 1.67 bits per heavy atom. The maximum Gasteiger partial charge on any atom is 0.407 e. The van der Waals surface area contributed by atoms with Crippen LogP contribution in [0, 0.1) is 0 Å². The first-order valence-corrected chi connectivity index (χ1v) is 9.85. The summed E-state index contributed by atoms with van der Waals surface area (Å²) in [5.74, 6) is -1.12. The highest BCUT2D eigenvalue weighted by atomic mass is 35.5. The summed E-state index contributed by atoms with van der Waals surface area (Å²) >= 11 is 5.79. The van der Waals surface area contributed by atoms with Gasteiger partial charge in [-0.2, -0.15) is 0 Å². The van der Waals surface area contributed by atoms with E-state index in [0.29, 0.717) is 5.56 Å². The highest BCUT2D eigenvalue weighted by Crippen LogP contribution is 2.44. The molecule has 0 aliphatic heterocycles. The van der Waals surface area contributed by atoms with Crippen LogP contribution < -0.4 is 5.32 Å². The number of fused-ring (bicyclic) bond motifs is 3. The quantitative estimate of drug-likeness (QED) is 0.557. The van der Waals surface area contributed by atoms with Crippen molar-refractivity contribution >= 4 is 23.7 Å². The van der Waals surface area contributed by atoms with Gasteiger partial charge in [0.2, 0.25) is 0 Å². The lowest BCUT2D eigenvalue weighted by molar-refractivity contribution is -0.137. The van der Waals surface area contributed by atoms with Crippen LogP contribution >= 0.6 is 11.6 Å². The Morgan fingerprint density at radius 1 is 1.03 bits per heavy atom. The van der Waals surface area contributed by atoms with Crippen molar-refractivity contribution in [3.05, 3.63) is 88.7 Å². The van der Waals surface area contributed by atoms with E-state index in [1.54, 1.807) is 12.1 Å². The van der Waals surface area contributed by atoms with E-state index in [-0.39, 0.29) is 24.1 Å². The van der Waals surface area contributed by atoms with Crippen LogP contribution in [0.25, 0.3) is 11.1 Å². The molecule has 0 saturated heterocycles. The summed E-state index contributed by atoms with van der Waals surface area (Å²) in [5, 5.41) is 12.1. The molecule has 1 aliphatic carbocycles. The number of carboxylic acid groups (broad SMARTS) is 1. The molecule has 7 heteroatoms. The number of rotatable bonds is 6. The Morgan fingerprint density at radius 3 is 2.23 bits per heavy atom. The van der Waals surface area contributed by atoms with Gasteiger partial charge in [0.05, 0.1) is 12.5 Å². The van der Waals surface area contributed by atoms with E-state index in [1.807, 2.05) is 36.4 Å². The van der Waals surface area contributed by atoms with Gasteiger partial charge in [-0.1, -0.05) is 66.2 Å². The number of pyridine rings is 1. The standard InChI is InChI=1S/C23H19ClN2O4/c24-21-10-9-14(12-25-21)20(11-22(27)28)26-23(29)30-13-19-17-7-3-1-5-15(17)16-6-2-4-8-18(16)19/h1-10,12,19-20H,11,13H2,(H,26,29)(H,27,28). The van der Waals surface area contributed by atoms with Gasteiger partial charge >= 0.3 is 12.1 Å². The number of aromatic nitrogens is 1. The Bertz CT molecular complexity index is 1040. The summed E-state index contributed by atoms with van der Waals surface area (Å²) in [6.07, 6.45) is 0.464. The first kappa shape index (κ1) is 19.9. The predicted octanol–water partition coefficient (Wildman–Crippen LogP) is 4.79. The van der Waals surface area contributed by atoms with E-state index in [1.165, 1.54) is 6.20 Å². The topological polar surface area (TPSA) is 88.5 Å². The molecule has 1 unspecified atom stereocenters. The Hall–Kier alpha value is -3.38. The average molecular weight is 423 g/mol. The van der Waals surface area contributed by atoms with Gasteiger partial charge in [0, 0.05) is 12.1 Å². The number of hydrogen-bond donors (Lipinski definition) is 2. The van der Waals surface area contributed by atoms with Crippen molar-refractivity contribution < 1.29 is 19.4 Å². The smallest absolute Gasteiger partial charge is 0.407 e. The minimum atomic E-state index is -1.05. The third kappa shape index (κ3) is 4.14. The predicted molar refractivity (Wildman–Crippen MR) is 112 cm³/mol. The third-order valence-corrected chi connectivity index (χ3v) is 5.39. The highest BCUT2D eigenvalue weighted by molar-refractivity contribution is 6.29. The Kier molecular flexibility index (Phi) is 5.68. The van der Waals surface area contributed by atoms with Crippen molar-refractivity contribution in [2.45, 2.75) is 18.4 Å². The number of alkyl carbamates (subject to hydrolysis) is 1. The van der Waals surface area contributed by atoms with E-state index in [2.05, 4.69) is 22.4 Å². The second-order valence-electron chi connectivity index (χ2n) is 7.03. The van der Waals surface area contributed by atoms with E-state index < -0.39 is 18.1 Å². The molecular formula is C23H19ClN2O4. The van der Waals surface area contributed by atoms with Crippen molar-refractivity contribution in [3.8, 4) is 11.1 Å². The monoisotopic (exact) mass is 422 g/mol. The fourth-order valence-corrected chi connectivity index (χ4v) is 3.91. The van der Waals surface area contributed by atoms with Gasteiger partial charge in [-0.25, -0.2) is 9.78 Å². The molecule has 30 heavy (non-hydrogen) atoms. The van der Waals surface area contributed by atoms with Crippen molar-refractivity contribution in [2.75, 3.05) is 6.61 Å². The number of carbonyl (C=O) groups is 2. The first-order chi connectivity index (χ1) is 14.5. The fraction of sp³-hybridized carbons (Fsp3) is 0.174. The van der Waals surface area contributed by atoms with Crippen molar-refractivity contribution in [3.63, 3.8) is 0 Å². The molecule has 0 spiro atoms. The zero-order chi connectivity index (χ0) is 21.1. The highest BCUT2D eigenvalue weighted by Gasteiger charge is 2.29. The molecule has 1 amide bonds. The van der Waals surface area contributed by atoms with Gasteiger partial charge < -0.3 is 15.2 Å². The second kappa shape index (κ2) is 8.55. The number of aliphatic carboxylic acids is 1. The molecule has 0 radical (unpaired) electrons. The first-order valence-electron chi connectivity index (χ1n) is 9.47. The van der Waals surface area contributed by atoms with Crippen LogP contribution in [0.2, 0.25) is 5.15 Å². The molecule has 1 heterocycles. The summed E-state index contributed by atoms with van der Waals surface area (Å²) in [5.41, 5.74) is 5.03. The van der Waals surface area contributed by atoms with Crippen LogP contribution in [0.4, 0.5) is 4.79 Å². The normalized spacial score (nSPS) is 13.2. The molecular weight excluding hydrogens is 404 g/mol. The van der Waals surface area contributed by atoms with Crippen LogP contribution in [0.5, 0.6) is 0 Å². The second-order valence-corrected chi connectivity index (χ2v) is 7.42. The van der Waals surface area contributed by atoms with E-state index in [0.717, 1.165) is 22.3 Å². The zero-order valence-corrected chi connectivity index (χ0v) is 16.7. The SMILES string of the molecule is O=C(O)CC(NC(=O)OCC1c2ccccc2-c2ccccc21)c1ccc(Cl)nc1. The molecule has 1 atom stereocenters. The van der Waals surface area contributed by atoms with Crippen LogP contribution in [-0.2, 0) is 9.53 Å². The average Bonchev–Trinajstić information content (AvgIpc) is 3.06. The molecule has 3 aromatic rings. The van der Waals surface area contributed by atoms with Gasteiger partial charge in [0.15, 0.2) is 0 Å². The summed E-state index contributed by atoms with van der Waals surface area (Å²) in [4.78, 5) is 27.7. The van der Waals surface area contributed by atoms with Crippen LogP contribution in [0.15, 0.2) is 66.9 Å². The van der Waals surface area contributed by atoms with Gasteiger partial charge in [0.25, 0.3) is 0 Å². The van der Waals surface area contributed by atoms with Gasteiger partial charge in [-0.3, -0.25) is 4.79 Å². The molecule has 1 aliphatic rings. The molecule has 2 aromatic carbocycles. The summed E-state index contributed by atoms with van der Waals surface area (Å²) in [6, 6.07) is 18.5. The molecule has 0 bridgehead atoms. The van der Waals surface area contributed by atoms with Gasteiger partial charge in [0.1, 0.15) is 11.8 Å². The van der Waals surface area contributed by atoms with Crippen molar-refractivity contribution in [1.82, 2.24) is 10.3 Å². The minimum Gasteiger partial charge on any atom is -0.481 e. The molecule has 0 saturated carbocycles. The van der Waals surface area contributed by atoms with Crippen LogP contribution in [0.1, 0.15) is 35.1 Å². The van der Waals surface area contributed by atoms with Crippen molar-refractivity contribution in [2.24, 2.45) is 0 Å². The molecule has 152 valence electrons. The molecule has 6 nitrogen and oxygen atoms in total. The zero-order valence-electron chi connectivity index (χ0n) is 15.9. The number of ether oxygens (including phenoxy) is 1. The third-order valence-electron chi connectivity index (χ3n) is 5.17. The number of carbonyl (C=O) groups excluding carboxylic acids is 1. The summed E-state index contributed by atoms with van der Waals surface area (Å²) in [6.45, 7) is 0.151. The number of amides is 1. The van der Waals surface area contributed by atoms with Crippen LogP contribution in [-0.4, -0.2) is 28.8 Å². The van der Waals surface area contributed by atoms with E-state index in [4.69, 9.17) is 16.3 Å².